The van der Waals surface area contributed by atoms with Crippen molar-refractivity contribution < 1.29 is 28.5 Å². The monoisotopic (exact) mass is 397 g/mol. The van der Waals surface area contributed by atoms with Gasteiger partial charge in [0.15, 0.2) is 35.4 Å². The quantitative estimate of drug-likeness (QED) is 0.743. The lowest BCUT2D eigenvalue weighted by Gasteiger charge is -2.21. The van der Waals surface area contributed by atoms with Crippen molar-refractivity contribution in [2.45, 2.75) is 38.4 Å². The number of methoxy groups -OCH3 is 1. The van der Waals surface area contributed by atoms with E-state index in [-0.39, 0.29) is 18.3 Å². The first-order valence-corrected chi connectivity index (χ1v) is 9.62. The summed E-state index contributed by atoms with van der Waals surface area (Å²) in [4.78, 5) is 23.8. The molecule has 0 unspecified atom stereocenters. The van der Waals surface area contributed by atoms with Crippen molar-refractivity contribution in [2.24, 2.45) is 0 Å². The van der Waals surface area contributed by atoms with Crippen LogP contribution in [0.15, 0.2) is 36.4 Å². The van der Waals surface area contributed by atoms with Gasteiger partial charge in [-0.15, -0.1) is 0 Å². The number of carbonyl (C=O) groups is 2. The number of rotatable bonds is 6. The second kappa shape index (κ2) is 7.66. The van der Waals surface area contributed by atoms with E-state index < -0.39 is 5.79 Å². The van der Waals surface area contributed by atoms with Gasteiger partial charge in [-0.2, -0.15) is 0 Å². The summed E-state index contributed by atoms with van der Waals surface area (Å²) in [6.45, 7) is 1.27. The lowest BCUT2D eigenvalue weighted by molar-refractivity contribution is -0.118. The van der Waals surface area contributed by atoms with Gasteiger partial charge in [0.2, 0.25) is 0 Å². The largest absolute Gasteiger partial charge is 0.493 e. The molecule has 0 atom stereocenters. The number of carbonyl (C=O) groups excluding carboxylic acids is 2. The number of ether oxygens (including phenoxy) is 4. The third-order valence-corrected chi connectivity index (χ3v) is 5.11. The molecule has 1 fully saturated rings. The highest BCUT2D eigenvalue weighted by Gasteiger charge is 2.44. The molecular weight excluding hydrogens is 374 g/mol. The molecule has 0 saturated heterocycles. The lowest BCUT2D eigenvalue weighted by Crippen LogP contribution is -2.34. The summed E-state index contributed by atoms with van der Waals surface area (Å²) in [6.07, 6.45) is 3.93. The van der Waals surface area contributed by atoms with Gasteiger partial charge in [-0.1, -0.05) is 0 Å². The smallest absolute Gasteiger partial charge is 0.262 e. The Morgan fingerprint density at radius 3 is 2.52 bits per heavy atom. The average molecular weight is 397 g/mol. The van der Waals surface area contributed by atoms with Crippen LogP contribution in [0.3, 0.4) is 0 Å². The second-order valence-corrected chi connectivity index (χ2v) is 7.24. The number of amides is 1. The molecule has 4 rings (SSSR count). The van der Waals surface area contributed by atoms with E-state index in [1.165, 1.54) is 14.0 Å². The fraction of sp³-hybridized carbons (Fsp3) is 0.364. The normalized spacial score (nSPS) is 15.9. The Kier molecular flexibility index (Phi) is 5.05. The molecule has 2 aromatic carbocycles. The zero-order valence-electron chi connectivity index (χ0n) is 16.4. The van der Waals surface area contributed by atoms with Crippen LogP contribution in [0, 0.1) is 0 Å². The summed E-state index contributed by atoms with van der Waals surface area (Å²) in [6, 6.07) is 10.2. The zero-order chi connectivity index (χ0) is 20.4. The van der Waals surface area contributed by atoms with Gasteiger partial charge >= 0.3 is 0 Å². The number of Topliss-reactive ketones (excluding diaryl/α,β-unsaturated/α-hetero) is 1. The van der Waals surface area contributed by atoms with Crippen LogP contribution in [0.25, 0.3) is 0 Å². The van der Waals surface area contributed by atoms with Gasteiger partial charge in [0, 0.05) is 30.2 Å². The minimum absolute atomic E-state index is 0.0743. The van der Waals surface area contributed by atoms with Gasteiger partial charge in [0.25, 0.3) is 11.7 Å². The van der Waals surface area contributed by atoms with Gasteiger partial charge in [-0.3, -0.25) is 9.59 Å². The molecule has 0 radical (unpaired) electrons. The molecule has 1 aliphatic heterocycles. The number of hydrogen-bond acceptors (Lipinski definition) is 6. The van der Waals surface area contributed by atoms with E-state index in [2.05, 4.69) is 5.32 Å². The third kappa shape index (κ3) is 3.99. The van der Waals surface area contributed by atoms with E-state index in [1.54, 1.807) is 30.3 Å². The predicted molar refractivity (Wildman–Crippen MR) is 106 cm³/mol. The van der Waals surface area contributed by atoms with E-state index in [0.29, 0.717) is 34.2 Å². The van der Waals surface area contributed by atoms with Crippen LogP contribution >= 0.6 is 0 Å². The fourth-order valence-electron chi connectivity index (χ4n) is 3.64. The number of hydrogen-bond donors (Lipinski definition) is 1. The van der Waals surface area contributed by atoms with Gasteiger partial charge in [-0.25, -0.2) is 0 Å². The molecule has 1 saturated carbocycles. The molecule has 0 bridgehead atoms. The van der Waals surface area contributed by atoms with E-state index in [9.17, 15) is 9.59 Å². The van der Waals surface area contributed by atoms with Crippen LogP contribution in [-0.2, 0) is 4.79 Å². The Labute approximate surface area is 168 Å². The van der Waals surface area contributed by atoms with E-state index in [0.717, 1.165) is 25.7 Å². The molecule has 7 nitrogen and oxygen atoms in total. The predicted octanol–water partition coefficient (Wildman–Crippen LogP) is 3.96. The van der Waals surface area contributed by atoms with Crippen molar-refractivity contribution in [1.82, 2.24) is 0 Å². The third-order valence-electron chi connectivity index (χ3n) is 5.11. The Hall–Kier alpha value is -3.22. The first kappa shape index (κ1) is 19.1. The number of anilines is 1. The van der Waals surface area contributed by atoms with Gasteiger partial charge in [-0.05, 0) is 50.1 Å². The molecule has 2 aromatic rings. The summed E-state index contributed by atoms with van der Waals surface area (Å²) in [5, 5.41) is 2.79. The summed E-state index contributed by atoms with van der Waals surface area (Å²) >= 11 is 0. The minimum atomic E-state index is -0.531. The van der Waals surface area contributed by atoms with Crippen LogP contribution in [0.2, 0.25) is 0 Å². The topological polar surface area (TPSA) is 83.1 Å². The van der Waals surface area contributed by atoms with Gasteiger partial charge in [0.05, 0.1) is 7.11 Å². The van der Waals surface area contributed by atoms with E-state index in [4.69, 9.17) is 18.9 Å². The SMILES string of the molecule is COc1cc(C(C)=O)ccc1OCC(=O)Nc1ccc2c(c1)OC1(CCCC1)O2. The molecule has 0 aromatic heterocycles. The van der Waals surface area contributed by atoms with Crippen LogP contribution in [0.5, 0.6) is 23.0 Å². The molecule has 29 heavy (non-hydrogen) atoms. The Morgan fingerprint density at radius 2 is 1.79 bits per heavy atom. The van der Waals surface area contributed by atoms with Crippen LogP contribution in [-0.4, -0.2) is 31.2 Å². The lowest BCUT2D eigenvalue weighted by atomic mass is 10.1. The molecule has 7 heteroatoms. The molecule has 1 aliphatic carbocycles. The molecule has 1 spiro atoms. The number of fused-ring (bicyclic) bond motifs is 1. The molecule has 1 amide bonds. The zero-order valence-corrected chi connectivity index (χ0v) is 16.4. The first-order valence-electron chi connectivity index (χ1n) is 9.62. The molecule has 2 aliphatic rings. The summed E-state index contributed by atoms with van der Waals surface area (Å²) in [5.74, 6) is 1.21. The fourth-order valence-corrected chi connectivity index (χ4v) is 3.64. The summed E-state index contributed by atoms with van der Waals surface area (Å²) in [7, 11) is 1.48. The Morgan fingerprint density at radius 1 is 1.03 bits per heavy atom. The van der Waals surface area contributed by atoms with Gasteiger partial charge in [0.1, 0.15) is 0 Å². The maximum absolute atomic E-state index is 12.3. The molecule has 152 valence electrons. The Balaban J connectivity index is 1.37. The standard InChI is InChI=1S/C22H23NO6/c1-14(24)15-5-7-17(19(11-15)26-2)27-13-21(25)23-16-6-8-18-20(12-16)29-22(28-18)9-3-4-10-22/h5-8,11-12H,3-4,9-10,13H2,1-2H3,(H,23,25). The summed E-state index contributed by atoms with van der Waals surface area (Å²) < 4.78 is 22.8. The van der Waals surface area contributed by atoms with Crippen molar-refractivity contribution in [3.05, 3.63) is 42.0 Å². The maximum atomic E-state index is 12.3. The summed E-state index contributed by atoms with van der Waals surface area (Å²) in [5.41, 5.74) is 1.12. The van der Waals surface area contributed by atoms with Crippen molar-refractivity contribution in [3.63, 3.8) is 0 Å². The van der Waals surface area contributed by atoms with Crippen molar-refractivity contribution in [1.29, 1.82) is 0 Å². The highest BCUT2D eigenvalue weighted by Crippen LogP contribution is 2.47. The van der Waals surface area contributed by atoms with Crippen LogP contribution in [0.1, 0.15) is 43.0 Å². The van der Waals surface area contributed by atoms with Crippen molar-refractivity contribution in [2.75, 3.05) is 19.0 Å². The highest BCUT2D eigenvalue weighted by atomic mass is 16.7. The van der Waals surface area contributed by atoms with Crippen molar-refractivity contribution in [3.8, 4) is 23.0 Å². The van der Waals surface area contributed by atoms with Crippen molar-refractivity contribution >= 4 is 17.4 Å². The number of benzene rings is 2. The van der Waals surface area contributed by atoms with E-state index in [1.807, 2.05) is 6.07 Å². The first-order chi connectivity index (χ1) is 14.0. The highest BCUT2D eigenvalue weighted by molar-refractivity contribution is 5.95. The molecule has 1 heterocycles. The second-order valence-electron chi connectivity index (χ2n) is 7.24. The minimum Gasteiger partial charge on any atom is -0.493 e. The molecular formula is C22H23NO6. The number of ketones is 1. The van der Waals surface area contributed by atoms with Crippen LogP contribution in [0.4, 0.5) is 5.69 Å². The number of nitrogens with one attached hydrogen (secondary N) is 1. The van der Waals surface area contributed by atoms with E-state index >= 15 is 0 Å². The van der Waals surface area contributed by atoms with Crippen LogP contribution < -0.4 is 24.3 Å². The maximum Gasteiger partial charge on any atom is 0.262 e. The average Bonchev–Trinajstić information content (AvgIpc) is 3.31. The molecule has 1 N–H and O–H groups in total. The van der Waals surface area contributed by atoms with Gasteiger partial charge < -0.3 is 24.3 Å². The Bertz CT molecular complexity index is 948.